The van der Waals surface area contributed by atoms with Crippen LogP contribution in [0.4, 0.5) is 14.5 Å². The highest BCUT2D eigenvalue weighted by molar-refractivity contribution is 7.89. The normalized spacial score (nSPS) is 21.2. The number of sulfonamides is 1. The Morgan fingerprint density at radius 3 is 2.67 bits per heavy atom. The molecule has 3 N–H and O–H groups in total. The maximum absolute atomic E-state index is 14.0. The molecule has 0 spiro atoms. The third-order valence-electron chi connectivity index (χ3n) is 3.71. The van der Waals surface area contributed by atoms with Gasteiger partial charge < -0.3 is 10.8 Å². The van der Waals surface area contributed by atoms with Gasteiger partial charge in [0.25, 0.3) is 0 Å². The molecular weight excluding hydrogens is 302 g/mol. The SMILES string of the molecule is Nc1c(F)ccc(S(=O)(=O)N2CCCCCC2CO)c1F. The van der Waals surface area contributed by atoms with Crippen LogP contribution in [0.15, 0.2) is 17.0 Å². The van der Waals surface area contributed by atoms with Crippen molar-refractivity contribution in [3.8, 4) is 0 Å². The predicted octanol–water partition coefficient (Wildman–Crippen LogP) is 1.47. The van der Waals surface area contributed by atoms with Gasteiger partial charge in [-0.1, -0.05) is 12.8 Å². The van der Waals surface area contributed by atoms with E-state index in [4.69, 9.17) is 5.73 Å². The van der Waals surface area contributed by atoms with Gasteiger partial charge in [0, 0.05) is 12.6 Å². The largest absolute Gasteiger partial charge is 0.395 e. The van der Waals surface area contributed by atoms with Crippen LogP contribution in [0, 0.1) is 11.6 Å². The third-order valence-corrected chi connectivity index (χ3v) is 5.68. The number of aliphatic hydroxyl groups is 1. The third kappa shape index (κ3) is 3.02. The molecule has 0 amide bonds. The number of anilines is 1. The molecule has 5 nitrogen and oxygen atoms in total. The van der Waals surface area contributed by atoms with Crippen LogP contribution in [0.5, 0.6) is 0 Å². The van der Waals surface area contributed by atoms with E-state index in [2.05, 4.69) is 0 Å². The van der Waals surface area contributed by atoms with E-state index in [-0.39, 0.29) is 13.2 Å². The van der Waals surface area contributed by atoms with E-state index in [0.29, 0.717) is 12.8 Å². The molecular formula is C13H18F2N2O3S. The molecule has 21 heavy (non-hydrogen) atoms. The van der Waals surface area contributed by atoms with Gasteiger partial charge in [0.2, 0.25) is 10.0 Å². The second kappa shape index (κ2) is 6.25. The van der Waals surface area contributed by atoms with Crippen LogP contribution in [0.3, 0.4) is 0 Å². The fourth-order valence-electron chi connectivity index (χ4n) is 2.52. The summed E-state index contributed by atoms with van der Waals surface area (Å²) in [6.45, 7) is -0.137. The average Bonchev–Trinajstić information content (AvgIpc) is 2.70. The smallest absolute Gasteiger partial charge is 0.246 e. The molecule has 0 bridgehead atoms. The minimum absolute atomic E-state index is 0.199. The van der Waals surface area contributed by atoms with Gasteiger partial charge in [0.05, 0.1) is 6.61 Å². The zero-order valence-corrected chi connectivity index (χ0v) is 12.2. The van der Waals surface area contributed by atoms with E-state index in [1.54, 1.807) is 0 Å². The van der Waals surface area contributed by atoms with Crippen molar-refractivity contribution in [1.29, 1.82) is 0 Å². The van der Waals surface area contributed by atoms with E-state index < -0.39 is 38.3 Å². The summed E-state index contributed by atoms with van der Waals surface area (Å²) in [4.78, 5) is -0.651. The number of hydrogen-bond acceptors (Lipinski definition) is 4. The van der Waals surface area contributed by atoms with Gasteiger partial charge in [-0.25, -0.2) is 17.2 Å². The first-order valence-electron chi connectivity index (χ1n) is 6.75. The summed E-state index contributed by atoms with van der Waals surface area (Å²) in [7, 11) is -4.16. The standard InChI is InChI=1S/C13H18F2N2O3S/c14-10-5-6-11(12(15)13(10)16)21(19,20)17-7-3-1-2-4-9(17)8-18/h5-6,9,18H,1-4,7-8,16H2. The lowest BCUT2D eigenvalue weighted by molar-refractivity contribution is 0.186. The summed E-state index contributed by atoms with van der Waals surface area (Å²) in [5, 5.41) is 9.38. The Morgan fingerprint density at radius 2 is 2.00 bits per heavy atom. The Kier molecular flexibility index (Phi) is 4.80. The number of nitrogen functional groups attached to an aromatic ring is 1. The number of benzene rings is 1. The summed E-state index contributed by atoms with van der Waals surface area (Å²) < 4.78 is 53.5. The fourth-order valence-corrected chi connectivity index (χ4v) is 4.29. The van der Waals surface area contributed by atoms with Gasteiger partial charge in [-0.2, -0.15) is 4.31 Å². The quantitative estimate of drug-likeness (QED) is 0.826. The first-order chi connectivity index (χ1) is 9.89. The number of aliphatic hydroxyl groups excluding tert-OH is 1. The molecule has 1 aromatic rings. The van der Waals surface area contributed by atoms with E-state index in [9.17, 15) is 22.3 Å². The van der Waals surface area contributed by atoms with Gasteiger partial charge in [-0.15, -0.1) is 0 Å². The van der Waals surface area contributed by atoms with Crippen LogP contribution in [-0.4, -0.2) is 37.0 Å². The summed E-state index contributed by atoms with van der Waals surface area (Å²) in [6.07, 6.45) is 2.78. The molecule has 8 heteroatoms. The Hall–Kier alpha value is -1.25. The molecule has 1 fully saturated rings. The van der Waals surface area contributed by atoms with Crippen molar-refractivity contribution in [2.75, 3.05) is 18.9 Å². The summed E-state index contributed by atoms with van der Waals surface area (Å²) >= 11 is 0. The molecule has 1 atom stereocenters. The minimum Gasteiger partial charge on any atom is -0.395 e. The highest BCUT2D eigenvalue weighted by Crippen LogP contribution is 2.29. The first kappa shape index (κ1) is 16.1. The molecule has 2 rings (SSSR count). The Bertz CT molecular complexity index is 622. The minimum atomic E-state index is -4.16. The van der Waals surface area contributed by atoms with Gasteiger partial charge in [0.1, 0.15) is 16.4 Å². The van der Waals surface area contributed by atoms with Crippen LogP contribution >= 0.6 is 0 Å². The lowest BCUT2D eigenvalue weighted by Gasteiger charge is -2.28. The molecule has 1 aromatic carbocycles. The number of nitrogens with two attached hydrogens (primary N) is 1. The molecule has 0 radical (unpaired) electrons. The summed E-state index contributed by atoms with van der Waals surface area (Å²) in [5.41, 5.74) is 4.41. The highest BCUT2D eigenvalue weighted by Gasteiger charge is 2.34. The summed E-state index contributed by atoms with van der Waals surface area (Å²) in [6, 6.07) is 1.11. The lowest BCUT2D eigenvalue weighted by Crippen LogP contribution is -2.42. The maximum atomic E-state index is 14.0. The number of nitrogens with zero attached hydrogens (tertiary/aromatic N) is 1. The highest BCUT2D eigenvalue weighted by atomic mass is 32.2. The lowest BCUT2D eigenvalue weighted by atomic mass is 10.1. The second-order valence-corrected chi connectivity index (χ2v) is 6.93. The second-order valence-electron chi connectivity index (χ2n) is 5.07. The van der Waals surface area contributed by atoms with Crippen molar-refractivity contribution in [2.24, 2.45) is 0 Å². The Morgan fingerprint density at radius 1 is 1.29 bits per heavy atom. The van der Waals surface area contributed by atoms with Crippen LogP contribution in [0.2, 0.25) is 0 Å². The molecule has 0 aromatic heterocycles. The molecule has 0 aliphatic carbocycles. The summed E-state index contributed by atoms with van der Waals surface area (Å²) in [5.74, 6) is -2.28. The molecule has 1 heterocycles. The van der Waals surface area contributed by atoms with Crippen LogP contribution in [-0.2, 0) is 10.0 Å². The molecule has 0 saturated carbocycles. The van der Waals surface area contributed by atoms with E-state index in [1.165, 1.54) is 0 Å². The Labute approximate surface area is 122 Å². The number of halogens is 2. The number of rotatable bonds is 3. The van der Waals surface area contributed by atoms with Crippen molar-refractivity contribution in [2.45, 2.75) is 36.6 Å². The van der Waals surface area contributed by atoms with Gasteiger partial charge in [0.15, 0.2) is 5.82 Å². The fraction of sp³-hybridized carbons (Fsp3) is 0.538. The van der Waals surface area contributed by atoms with Gasteiger partial charge in [-0.05, 0) is 25.0 Å². The van der Waals surface area contributed by atoms with Gasteiger partial charge >= 0.3 is 0 Å². The zero-order chi connectivity index (χ0) is 15.6. The van der Waals surface area contributed by atoms with Crippen molar-refractivity contribution < 1.29 is 22.3 Å². The van der Waals surface area contributed by atoms with Crippen LogP contribution in [0.25, 0.3) is 0 Å². The van der Waals surface area contributed by atoms with Crippen molar-refractivity contribution in [3.05, 3.63) is 23.8 Å². The van der Waals surface area contributed by atoms with Crippen molar-refractivity contribution >= 4 is 15.7 Å². The predicted molar refractivity (Wildman–Crippen MR) is 74.0 cm³/mol. The van der Waals surface area contributed by atoms with E-state index in [0.717, 1.165) is 29.3 Å². The number of hydrogen-bond donors (Lipinski definition) is 2. The van der Waals surface area contributed by atoms with Crippen molar-refractivity contribution in [3.63, 3.8) is 0 Å². The first-order valence-corrected chi connectivity index (χ1v) is 8.19. The average molecular weight is 320 g/mol. The van der Waals surface area contributed by atoms with E-state index in [1.807, 2.05) is 0 Å². The topological polar surface area (TPSA) is 83.6 Å². The molecule has 118 valence electrons. The van der Waals surface area contributed by atoms with E-state index >= 15 is 0 Å². The van der Waals surface area contributed by atoms with Gasteiger partial charge in [-0.3, -0.25) is 0 Å². The van der Waals surface area contributed by atoms with Crippen LogP contribution < -0.4 is 5.73 Å². The Balaban J connectivity index is 2.47. The monoisotopic (exact) mass is 320 g/mol. The molecule has 1 unspecified atom stereocenters. The molecule has 1 aliphatic rings. The maximum Gasteiger partial charge on any atom is 0.246 e. The molecule has 1 saturated heterocycles. The zero-order valence-electron chi connectivity index (χ0n) is 11.4. The van der Waals surface area contributed by atoms with Crippen molar-refractivity contribution in [1.82, 2.24) is 4.31 Å². The van der Waals surface area contributed by atoms with Crippen LogP contribution in [0.1, 0.15) is 25.7 Å². The molecule has 1 aliphatic heterocycles.